The molecule has 0 aromatic heterocycles. The lowest BCUT2D eigenvalue weighted by atomic mass is 10.2. The Hall–Kier alpha value is -1.55. The van der Waals surface area contributed by atoms with E-state index in [1.54, 1.807) is 12.1 Å². The highest BCUT2D eigenvalue weighted by atomic mass is 16.5. The van der Waals surface area contributed by atoms with Gasteiger partial charge in [0, 0.05) is 12.2 Å². The molecule has 2 rings (SSSR count). The van der Waals surface area contributed by atoms with Crippen LogP contribution in [0.1, 0.15) is 43.5 Å². The summed E-state index contributed by atoms with van der Waals surface area (Å²) in [7, 11) is 0. The first-order chi connectivity index (χ1) is 9.69. The van der Waals surface area contributed by atoms with Crippen molar-refractivity contribution in [2.75, 3.05) is 18.5 Å². The minimum absolute atomic E-state index is 0.258. The third kappa shape index (κ3) is 4.23. The Bertz CT molecular complexity index is 430. The van der Waals surface area contributed by atoms with Crippen molar-refractivity contribution in [3.8, 4) is 0 Å². The number of esters is 1. The highest BCUT2D eigenvalue weighted by Crippen LogP contribution is 2.19. The van der Waals surface area contributed by atoms with E-state index in [2.05, 4.69) is 12.2 Å². The third-order valence-corrected chi connectivity index (χ3v) is 3.41. The van der Waals surface area contributed by atoms with Gasteiger partial charge in [0.2, 0.25) is 0 Å². The maximum Gasteiger partial charge on any atom is 0.338 e. The van der Waals surface area contributed by atoms with E-state index >= 15 is 0 Å². The van der Waals surface area contributed by atoms with Gasteiger partial charge in [0.1, 0.15) is 0 Å². The number of carbonyl (C=O) groups is 1. The van der Waals surface area contributed by atoms with Crippen molar-refractivity contribution in [1.82, 2.24) is 0 Å². The molecule has 1 fully saturated rings. The number of ether oxygens (including phenoxy) is 2. The van der Waals surface area contributed by atoms with Gasteiger partial charge in [-0.1, -0.05) is 6.92 Å². The number of benzene rings is 1. The number of anilines is 1. The van der Waals surface area contributed by atoms with Crippen molar-refractivity contribution < 1.29 is 14.3 Å². The molecule has 110 valence electrons. The zero-order valence-electron chi connectivity index (χ0n) is 12.2. The van der Waals surface area contributed by atoms with E-state index in [9.17, 15) is 4.79 Å². The Morgan fingerprint density at radius 1 is 1.35 bits per heavy atom. The molecule has 2 atom stereocenters. The smallest absolute Gasteiger partial charge is 0.338 e. The van der Waals surface area contributed by atoms with Crippen LogP contribution < -0.4 is 5.32 Å². The Labute approximate surface area is 120 Å². The monoisotopic (exact) mass is 277 g/mol. The first kappa shape index (κ1) is 14.9. The van der Waals surface area contributed by atoms with E-state index in [1.807, 2.05) is 19.1 Å². The van der Waals surface area contributed by atoms with Crippen molar-refractivity contribution >= 4 is 11.7 Å². The minimum atomic E-state index is -0.258. The molecule has 0 aliphatic carbocycles. The number of hydrogen-bond acceptors (Lipinski definition) is 4. The van der Waals surface area contributed by atoms with Crippen molar-refractivity contribution in [3.63, 3.8) is 0 Å². The molecule has 4 heteroatoms. The van der Waals surface area contributed by atoms with Gasteiger partial charge in [0.15, 0.2) is 0 Å². The fourth-order valence-electron chi connectivity index (χ4n) is 2.27. The molecule has 0 saturated carbocycles. The summed E-state index contributed by atoms with van der Waals surface area (Å²) in [6.45, 7) is 5.36. The summed E-state index contributed by atoms with van der Waals surface area (Å²) < 4.78 is 10.8. The predicted molar refractivity (Wildman–Crippen MR) is 79.1 cm³/mol. The molecule has 1 saturated heterocycles. The molecule has 0 bridgehead atoms. The first-order valence-electron chi connectivity index (χ1n) is 7.35. The SMILES string of the molecule is CCCOC(=O)c1ccc(NCC2CCC(C)O2)cc1. The molecule has 1 aliphatic rings. The van der Waals surface area contributed by atoms with Gasteiger partial charge in [-0.05, 0) is 50.5 Å². The van der Waals surface area contributed by atoms with Crippen LogP contribution in [0, 0.1) is 0 Å². The van der Waals surface area contributed by atoms with Gasteiger partial charge in [-0.3, -0.25) is 0 Å². The van der Waals surface area contributed by atoms with E-state index in [1.165, 1.54) is 0 Å². The number of hydrogen-bond donors (Lipinski definition) is 1. The molecule has 1 N–H and O–H groups in total. The van der Waals surface area contributed by atoms with E-state index < -0.39 is 0 Å². The Morgan fingerprint density at radius 3 is 2.70 bits per heavy atom. The molecule has 2 unspecified atom stereocenters. The molecule has 20 heavy (non-hydrogen) atoms. The van der Waals surface area contributed by atoms with E-state index in [-0.39, 0.29) is 5.97 Å². The second-order valence-corrected chi connectivity index (χ2v) is 5.24. The predicted octanol–water partition coefficient (Wildman–Crippen LogP) is 3.23. The first-order valence-corrected chi connectivity index (χ1v) is 7.35. The Morgan fingerprint density at radius 2 is 2.10 bits per heavy atom. The normalized spacial score (nSPS) is 21.7. The maximum absolute atomic E-state index is 11.7. The summed E-state index contributed by atoms with van der Waals surface area (Å²) in [5.74, 6) is -0.258. The van der Waals surface area contributed by atoms with Crippen LogP contribution in [-0.4, -0.2) is 31.3 Å². The Balaban J connectivity index is 1.80. The molecule has 1 aromatic rings. The molecule has 1 aromatic carbocycles. The van der Waals surface area contributed by atoms with Crippen LogP contribution in [0.25, 0.3) is 0 Å². The zero-order chi connectivity index (χ0) is 14.4. The van der Waals surface area contributed by atoms with Crippen LogP contribution in [0.2, 0.25) is 0 Å². The fraction of sp³-hybridized carbons (Fsp3) is 0.562. The molecule has 1 heterocycles. The second kappa shape index (κ2) is 7.29. The summed E-state index contributed by atoms with van der Waals surface area (Å²) in [4.78, 5) is 11.7. The van der Waals surface area contributed by atoms with Crippen LogP contribution in [-0.2, 0) is 9.47 Å². The van der Waals surface area contributed by atoms with Crippen molar-refractivity contribution in [1.29, 1.82) is 0 Å². The van der Waals surface area contributed by atoms with Crippen molar-refractivity contribution in [2.45, 2.75) is 45.3 Å². The van der Waals surface area contributed by atoms with Gasteiger partial charge in [0.05, 0.1) is 24.4 Å². The topological polar surface area (TPSA) is 47.6 Å². The van der Waals surface area contributed by atoms with E-state index in [0.29, 0.717) is 24.4 Å². The molecule has 0 amide bonds. The molecule has 0 radical (unpaired) electrons. The fourth-order valence-corrected chi connectivity index (χ4v) is 2.27. The largest absolute Gasteiger partial charge is 0.462 e. The molecule has 0 spiro atoms. The van der Waals surface area contributed by atoms with Gasteiger partial charge in [-0.25, -0.2) is 4.79 Å². The van der Waals surface area contributed by atoms with Gasteiger partial charge < -0.3 is 14.8 Å². The Kier molecular flexibility index (Phi) is 5.41. The summed E-state index contributed by atoms with van der Waals surface area (Å²) in [5.41, 5.74) is 1.59. The standard InChI is InChI=1S/C16H23NO3/c1-3-10-19-16(18)13-5-7-14(8-6-13)17-11-15-9-4-12(2)20-15/h5-8,12,15,17H,3-4,9-11H2,1-2H3. The average molecular weight is 277 g/mol. The zero-order valence-corrected chi connectivity index (χ0v) is 12.2. The lowest BCUT2D eigenvalue weighted by Crippen LogP contribution is -2.19. The van der Waals surface area contributed by atoms with Crippen LogP contribution in [0.4, 0.5) is 5.69 Å². The molecular formula is C16H23NO3. The van der Waals surface area contributed by atoms with E-state index in [4.69, 9.17) is 9.47 Å². The van der Waals surface area contributed by atoms with Crippen LogP contribution >= 0.6 is 0 Å². The maximum atomic E-state index is 11.7. The summed E-state index contributed by atoms with van der Waals surface area (Å²) in [6, 6.07) is 7.39. The second-order valence-electron chi connectivity index (χ2n) is 5.24. The highest BCUT2D eigenvalue weighted by molar-refractivity contribution is 5.89. The number of nitrogens with one attached hydrogen (secondary N) is 1. The third-order valence-electron chi connectivity index (χ3n) is 3.41. The van der Waals surface area contributed by atoms with Crippen LogP contribution in [0.15, 0.2) is 24.3 Å². The van der Waals surface area contributed by atoms with Crippen LogP contribution in [0.5, 0.6) is 0 Å². The van der Waals surface area contributed by atoms with Gasteiger partial charge >= 0.3 is 5.97 Å². The highest BCUT2D eigenvalue weighted by Gasteiger charge is 2.21. The van der Waals surface area contributed by atoms with Crippen LogP contribution in [0.3, 0.4) is 0 Å². The molecule has 1 aliphatic heterocycles. The van der Waals surface area contributed by atoms with E-state index in [0.717, 1.165) is 31.5 Å². The summed E-state index contributed by atoms with van der Waals surface area (Å²) in [6.07, 6.45) is 3.74. The molecule has 4 nitrogen and oxygen atoms in total. The van der Waals surface area contributed by atoms with Crippen molar-refractivity contribution in [3.05, 3.63) is 29.8 Å². The van der Waals surface area contributed by atoms with Crippen molar-refractivity contribution in [2.24, 2.45) is 0 Å². The average Bonchev–Trinajstić information content (AvgIpc) is 2.89. The minimum Gasteiger partial charge on any atom is -0.462 e. The van der Waals surface area contributed by atoms with Gasteiger partial charge in [0.25, 0.3) is 0 Å². The quantitative estimate of drug-likeness (QED) is 0.811. The number of rotatable bonds is 6. The summed E-state index contributed by atoms with van der Waals surface area (Å²) in [5, 5.41) is 3.34. The van der Waals surface area contributed by atoms with Gasteiger partial charge in [-0.15, -0.1) is 0 Å². The van der Waals surface area contributed by atoms with Gasteiger partial charge in [-0.2, -0.15) is 0 Å². The molecular weight excluding hydrogens is 254 g/mol. The summed E-state index contributed by atoms with van der Waals surface area (Å²) >= 11 is 0. The lowest BCUT2D eigenvalue weighted by molar-refractivity contribution is 0.0505. The lowest BCUT2D eigenvalue weighted by Gasteiger charge is -2.13. The number of carbonyl (C=O) groups excluding carboxylic acids is 1.